The van der Waals surface area contributed by atoms with E-state index in [1.165, 1.54) is 0 Å². The highest BCUT2D eigenvalue weighted by Crippen LogP contribution is 2.02. The Morgan fingerprint density at radius 1 is 1.60 bits per heavy atom. The van der Waals surface area contributed by atoms with Gasteiger partial charge in [-0.3, -0.25) is 4.79 Å². The Morgan fingerprint density at radius 2 is 2.40 bits per heavy atom. The zero-order chi connectivity index (χ0) is 11.1. The first-order valence-corrected chi connectivity index (χ1v) is 5.89. The van der Waals surface area contributed by atoms with Gasteiger partial charge in [0.25, 0.3) is 0 Å². The van der Waals surface area contributed by atoms with E-state index in [0.717, 1.165) is 25.8 Å². The molecule has 2 unspecified atom stereocenters. The van der Waals surface area contributed by atoms with Gasteiger partial charge >= 0.3 is 0 Å². The lowest BCUT2D eigenvalue weighted by molar-refractivity contribution is -0.126. The molecule has 1 amide bonds. The van der Waals surface area contributed by atoms with Crippen molar-refractivity contribution in [1.82, 2.24) is 10.6 Å². The lowest BCUT2D eigenvalue weighted by atomic mass is 10.1. The van der Waals surface area contributed by atoms with Crippen molar-refractivity contribution in [2.24, 2.45) is 0 Å². The van der Waals surface area contributed by atoms with Crippen molar-refractivity contribution in [1.29, 1.82) is 0 Å². The molecule has 0 bridgehead atoms. The maximum atomic E-state index is 11.8. The van der Waals surface area contributed by atoms with Gasteiger partial charge in [-0.2, -0.15) is 0 Å². The molecule has 1 heterocycles. The lowest BCUT2D eigenvalue weighted by Crippen LogP contribution is -2.53. The van der Waals surface area contributed by atoms with Crippen LogP contribution in [0, 0.1) is 0 Å². The van der Waals surface area contributed by atoms with Crippen LogP contribution < -0.4 is 10.6 Å². The van der Waals surface area contributed by atoms with Crippen LogP contribution in [0.3, 0.4) is 0 Å². The molecule has 1 aliphatic rings. The van der Waals surface area contributed by atoms with E-state index < -0.39 is 0 Å². The fourth-order valence-electron chi connectivity index (χ4n) is 1.76. The first-order chi connectivity index (χ1) is 7.27. The number of ether oxygens (including phenoxy) is 1. The second-order valence-electron chi connectivity index (χ2n) is 3.98. The molecule has 4 nitrogen and oxygen atoms in total. The third-order valence-electron chi connectivity index (χ3n) is 2.71. The zero-order valence-corrected chi connectivity index (χ0v) is 9.71. The van der Waals surface area contributed by atoms with Crippen LogP contribution in [0.2, 0.25) is 0 Å². The number of rotatable bonds is 5. The van der Waals surface area contributed by atoms with Crippen LogP contribution >= 0.6 is 0 Å². The number of carbonyl (C=O) groups excluding carboxylic acids is 1. The summed E-state index contributed by atoms with van der Waals surface area (Å²) >= 11 is 0. The van der Waals surface area contributed by atoms with Gasteiger partial charge in [0.05, 0.1) is 13.2 Å². The summed E-state index contributed by atoms with van der Waals surface area (Å²) in [5.41, 5.74) is 0. The topological polar surface area (TPSA) is 50.4 Å². The van der Waals surface area contributed by atoms with Crippen LogP contribution in [-0.4, -0.2) is 37.7 Å². The Kier molecular flexibility index (Phi) is 5.65. The summed E-state index contributed by atoms with van der Waals surface area (Å²) in [5, 5.41) is 6.21. The Balaban J connectivity index is 2.31. The normalized spacial score (nSPS) is 23.5. The summed E-state index contributed by atoms with van der Waals surface area (Å²) in [6.07, 6.45) is 3.15. The summed E-state index contributed by atoms with van der Waals surface area (Å²) < 4.78 is 5.26. The highest BCUT2D eigenvalue weighted by molar-refractivity contribution is 5.82. The minimum Gasteiger partial charge on any atom is -0.378 e. The number of amides is 1. The van der Waals surface area contributed by atoms with Gasteiger partial charge in [-0.1, -0.05) is 20.3 Å². The monoisotopic (exact) mass is 214 g/mol. The van der Waals surface area contributed by atoms with Gasteiger partial charge < -0.3 is 15.4 Å². The Labute approximate surface area is 91.8 Å². The van der Waals surface area contributed by atoms with E-state index in [9.17, 15) is 4.79 Å². The average Bonchev–Trinajstić information content (AvgIpc) is 2.29. The largest absolute Gasteiger partial charge is 0.378 e. The molecule has 1 saturated heterocycles. The molecule has 0 spiro atoms. The molecule has 0 aromatic rings. The second-order valence-corrected chi connectivity index (χ2v) is 3.98. The van der Waals surface area contributed by atoms with Gasteiger partial charge in [0.15, 0.2) is 0 Å². The number of carbonyl (C=O) groups is 1. The standard InChI is InChI=1S/C11H22N2O2/c1-3-5-9(4-2)13-11(14)10-8-15-7-6-12-10/h9-10,12H,3-8H2,1-2H3,(H,13,14). The fourth-order valence-corrected chi connectivity index (χ4v) is 1.76. The van der Waals surface area contributed by atoms with E-state index in [-0.39, 0.29) is 11.9 Å². The minimum atomic E-state index is -0.162. The number of nitrogens with one attached hydrogen (secondary N) is 2. The van der Waals surface area contributed by atoms with Gasteiger partial charge in [0, 0.05) is 12.6 Å². The van der Waals surface area contributed by atoms with E-state index in [4.69, 9.17) is 4.74 Å². The fraction of sp³-hybridized carbons (Fsp3) is 0.909. The van der Waals surface area contributed by atoms with Crippen molar-refractivity contribution >= 4 is 5.91 Å². The van der Waals surface area contributed by atoms with Crippen LogP contribution in [0.4, 0.5) is 0 Å². The van der Waals surface area contributed by atoms with Crippen LogP contribution in [0.1, 0.15) is 33.1 Å². The molecular weight excluding hydrogens is 192 g/mol. The van der Waals surface area contributed by atoms with E-state index in [0.29, 0.717) is 19.3 Å². The predicted molar refractivity (Wildman–Crippen MR) is 59.7 cm³/mol. The summed E-state index contributed by atoms with van der Waals surface area (Å²) in [7, 11) is 0. The SMILES string of the molecule is CCCC(CC)NC(=O)C1COCCN1. The van der Waals surface area contributed by atoms with Gasteiger partial charge in [-0.25, -0.2) is 0 Å². The number of morpholine rings is 1. The molecule has 0 aliphatic carbocycles. The number of hydrogen-bond donors (Lipinski definition) is 2. The molecule has 1 rings (SSSR count). The molecule has 2 atom stereocenters. The molecule has 4 heteroatoms. The third kappa shape index (κ3) is 4.18. The average molecular weight is 214 g/mol. The van der Waals surface area contributed by atoms with Crippen LogP contribution in [-0.2, 0) is 9.53 Å². The van der Waals surface area contributed by atoms with Crippen LogP contribution in [0.5, 0.6) is 0 Å². The first kappa shape index (κ1) is 12.5. The summed E-state index contributed by atoms with van der Waals surface area (Å²) in [5.74, 6) is 0.0787. The van der Waals surface area contributed by atoms with E-state index in [2.05, 4.69) is 24.5 Å². The molecule has 2 N–H and O–H groups in total. The Morgan fingerprint density at radius 3 is 2.93 bits per heavy atom. The molecule has 1 fully saturated rings. The van der Waals surface area contributed by atoms with Gasteiger partial charge in [0.2, 0.25) is 5.91 Å². The third-order valence-corrected chi connectivity index (χ3v) is 2.71. The van der Waals surface area contributed by atoms with Crippen molar-refractivity contribution in [3.05, 3.63) is 0 Å². The van der Waals surface area contributed by atoms with Crippen molar-refractivity contribution in [2.45, 2.75) is 45.2 Å². The Hall–Kier alpha value is -0.610. The molecule has 15 heavy (non-hydrogen) atoms. The smallest absolute Gasteiger partial charge is 0.239 e. The lowest BCUT2D eigenvalue weighted by Gasteiger charge is -2.25. The van der Waals surface area contributed by atoms with Gasteiger partial charge in [0.1, 0.15) is 6.04 Å². The van der Waals surface area contributed by atoms with Crippen molar-refractivity contribution in [3.63, 3.8) is 0 Å². The summed E-state index contributed by atoms with van der Waals surface area (Å²) in [6.45, 7) is 6.20. The van der Waals surface area contributed by atoms with Gasteiger partial charge in [-0.15, -0.1) is 0 Å². The molecule has 0 saturated carbocycles. The molecule has 88 valence electrons. The van der Waals surface area contributed by atoms with Gasteiger partial charge in [-0.05, 0) is 12.8 Å². The molecule has 0 aromatic heterocycles. The predicted octanol–water partition coefficient (Wildman–Crippen LogP) is 0.670. The van der Waals surface area contributed by atoms with E-state index in [1.54, 1.807) is 0 Å². The maximum absolute atomic E-state index is 11.8. The van der Waals surface area contributed by atoms with E-state index in [1.807, 2.05) is 0 Å². The molecule has 0 radical (unpaired) electrons. The second kappa shape index (κ2) is 6.80. The van der Waals surface area contributed by atoms with Crippen molar-refractivity contribution in [3.8, 4) is 0 Å². The maximum Gasteiger partial charge on any atom is 0.239 e. The van der Waals surface area contributed by atoms with Crippen LogP contribution in [0.25, 0.3) is 0 Å². The number of hydrogen-bond acceptors (Lipinski definition) is 3. The minimum absolute atomic E-state index is 0.0787. The Bertz CT molecular complexity index is 191. The van der Waals surface area contributed by atoms with Crippen molar-refractivity contribution in [2.75, 3.05) is 19.8 Å². The first-order valence-electron chi connectivity index (χ1n) is 5.89. The summed E-state index contributed by atoms with van der Waals surface area (Å²) in [6, 6.07) is 0.149. The zero-order valence-electron chi connectivity index (χ0n) is 9.71. The highest BCUT2D eigenvalue weighted by Gasteiger charge is 2.22. The molecule has 1 aliphatic heterocycles. The van der Waals surface area contributed by atoms with Crippen LogP contribution in [0.15, 0.2) is 0 Å². The molecular formula is C11H22N2O2. The quantitative estimate of drug-likeness (QED) is 0.707. The van der Waals surface area contributed by atoms with E-state index >= 15 is 0 Å². The van der Waals surface area contributed by atoms with Crippen molar-refractivity contribution < 1.29 is 9.53 Å². The highest BCUT2D eigenvalue weighted by atomic mass is 16.5. The molecule has 0 aromatic carbocycles. The summed E-state index contributed by atoms with van der Waals surface area (Å²) in [4.78, 5) is 11.8.